The molecule has 0 aliphatic carbocycles. The van der Waals surface area contributed by atoms with Crippen LogP contribution in [0.15, 0.2) is 42.5 Å². The lowest BCUT2D eigenvalue weighted by molar-refractivity contribution is 0.0487. The summed E-state index contributed by atoms with van der Waals surface area (Å²) < 4.78 is 5.47. The van der Waals surface area contributed by atoms with Gasteiger partial charge in [0, 0.05) is 17.3 Å². The molecule has 1 aliphatic rings. The van der Waals surface area contributed by atoms with E-state index < -0.39 is 0 Å². The van der Waals surface area contributed by atoms with Gasteiger partial charge in [-0.1, -0.05) is 30.4 Å². The predicted molar refractivity (Wildman–Crippen MR) is 74.6 cm³/mol. The van der Waals surface area contributed by atoms with E-state index in [2.05, 4.69) is 6.58 Å². The summed E-state index contributed by atoms with van der Waals surface area (Å²) in [5.74, 6) is 2.44. The summed E-state index contributed by atoms with van der Waals surface area (Å²) in [6, 6.07) is 9.11. The van der Waals surface area contributed by atoms with E-state index in [0.717, 1.165) is 17.3 Å². The van der Waals surface area contributed by atoms with Crippen LogP contribution in [0.25, 0.3) is 0 Å². The Bertz CT molecular complexity index is 403. The number of thioether (sulfide) groups is 2. The predicted octanol–water partition coefficient (Wildman–Crippen LogP) is 3.21. The normalized spacial score (nSPS) is 20.7. The molecule has 0 bridgehead atoms. The van der Waals surface area contributed by atoms with Crippen molar-refractivity contribution in [2.24, 2.45) is 0 Å². The summed E-state index contributed by atoms with van der Waals surface area (Å²) in [5.41, 5.74) is 1.76. The first-order valence-corrected chi connectivity index (χ1v) is 7.58. The summed E-state index contributed by atoms with van der Waals surface area (Å²) >= 11 is 3.42. The van der Waals surface area contributed by atoms with Crippen LogP contribution in [0.2, 0.25) is 0 Å². The lowest BCUT2D eigenvalue weighted by atomic mass is 10.2. The fraction of sp³-hybridized carbons (Fsp3) is 0.308. The van der Waals surface area contributed by atoms with Gasteiger partial charge in [0.05, 0.1) is 5.56 Å². The Balaban J connectivity index is 1.92. The number of carbonyl (C=O) groups is 1. The highest BCUT2D eigenvalue weighted by atomic mass is 32.2. The van der Waals surface area contributed by atoms with E-state index in [1.165, 1.54) is 5.57 Å². The van der Waals surface area contributed by atoms with E-state index in [9.17, 15) is 4.79 Å². The third-order valence-corrected chi connectivity index (χ3v) is 4.85. The quantitative estimate of drug-likeness (QED) is 0.606. The first kappa shape index (κ1) is 12.6. The second-order valence-corrected chi connectivity index (χ2v) is 5.96. The van der Waals surface area contributed by atoms with Crippen LogP contribution in [0.1, 0.15) is 10.4 Å². The van der Waals surface area contributed by atoms with Crippen LogP contribution in [0, 0.1) is 0 Å². The molecule has 1 aromatic carbocycles. The molecule has 4 heteroatoms. The Morgan fingerprint density at radius 2 is 2.06 bits per heavy atom. The molecule has 0 saturated carbocycles. The summed E-state index contributed by atoms with van der Waals surface area (Å²) in [4.78, 5) is 11.8. The Hall–Kier alpha value is -0.870. The van der Waals surface area contributed by atoms with Crippen molar-refractivity contribution >= 4 is 29.5 Å². The van der Waals surface area contributed by atoms with Crippen molar-refractivity contribution < 1.29 is 9.53 Å². The minimum atomic E-state index is -0.240. The molecule has 1 fully saturated rings. The van der Waals surface area contributed by atoms with E-state index in [-0.39, 0.29) is 11.4 Å². The highest BCUT2D eigenvalue weighted by Gasteiger charge is 2.19. The molecule has 1 aliphatic heterocycles. The van der Waals surface area contributed by atoms with Crippen molar-refractivity contribution in [1.29, 1.82) is 0 Å². The number of benzene rings is 1. The van der Waals surface area contributed by atoms with Crippen LogP contribution in [0.4, 0.5) is 0 Å². The van der Waals surface area contributed by atoms with Gasteiger partial charge in [0.1, 0.15) is 0 Å². The molecule has 90 valence electrons. The number of hydrogen-bond donors (Lipinski definition) is 0. The van der Waals surface area contributed by atoms with Gasteiger partial charge in [-0.05, 0) is 12.1 Å². The van der Waals surface area contributed by atoms with Crippen LogP contribution in [0.3, 0.4) is 0 Å². The molecule has 1 saturated heterocycles. The van der Waals surface area contributed by atoms with E-state index >= 15 is 0 Å². The van der Waals surface area contributed by atoms with Gasteiger partial charge in [0.25, 0.3) is 0 Å². The van der Waals surface area contributed by atoms with Crippen molar-refractivity contribution in [2.45, 2.75) is 5.44 Å². The molecule has 0 amide bonds. The summed E-state index contributed by atoms with van der Waals surface area (Å²) in [6.07, 6.45) is 0. The van der Waals surface area contributed by atoms with E-state index in [1.807, 2.05) is 18.2 Å². The average molecular weight is 266 g/mol. The molecule has 17 heavy (non-hydrogen) atoms. The van der Waals surface area contributed by atoms with Crippen molar-refractivity contribution in [3.8, 4) is 0 Å². The van der Waals surface area contributed by atoms with Gasteiger partial charge in [-0.2, -0.15) is 11.8 Å². The smallest absolute Gasteiger partial charge is 0.339 e. The molecule has 1 unspecified atom stereocenters. The molecule has 1 atom stereocenters. The van der Waals surface area contributed by atoms with Gasteiger partial charge in [-0.25, -0.2) is 4.79 Å². The standard InChI is InChI=1S/C13H14O2S2/c1-10-7-16-9-12(17-8-10)15-13(14)11-5-3-2-4-6-11/h2-6,12H,1,7-9H2. The maximum absolute atomic E-state index is 11.8. The molecule has 0 N–H and O–H groups in total. The fourth-order valence-electron chi connectivity index (χ4n) is 1.43. The number of carbonyl (C=O) groups excluding carboxylic acids is 1. The van der Waals surface area contributed by atoms with Gasteiger partial charge in [0.15, 0.2) is 5.44 Å². The molecule has 2 nitrogen and oxygen atoms in total. The maximum Gasteiger partial charge on any atom is 0.339 e. The summed E-state index contributed by atoms with van der Waals surface area (Å²) in [5, 5.41) is 0. The third-order valence-electron chi connectivity index (χ3n) is 2.28. The zero-order valence-electron chi connectivity index (χ0n) is 9.43. The van der Waals surface area contributed by atoms with Crippen LogP contribution in [-0.4, -0.2) is 28.7 Å². The van der Waals surface area contributed by atoms with Crippen LogP contribution < -0.4 is 0 Å². The third kappa shape index (κ3) is 3.82. The zero-order chi connectivity index (χ0) is 12.1. The molecular weight excluding hydrogens is 252 g/mol. The van der Waals surface area contributed by atoms with E-state index in [4.69, 9.17) is 4.74 Å². The van der Waals surface area contributed by atoms with Crippen LogP contribution in [0.5, 0.6) is 0 Å². The molecule has 0 aromatic heterocycles. The highest BCUT2D eigenvalue weighted by molar-refractivity contribution is 8.04. The minimum Gasteiger partial charge on any atom is -0.447 e. The molecule has 2 rings (SSSR count). The summed E-state index contributed by atoms with van der Waals surface area (Å²) in [7, 11) is 0. The van der Waals surface area contributed by atoms with E-state index in [0.29, 0.717) is 5.56 Å². The molecular formula is C13H14O2S2. The molecule has 1 aromatic rings. The van der Waals surface area contributed by atoms with E-state index in [1.54, 1.807) is 35.7 Å². The second kappa shape index (κ2) is 6.17. The lowest BCUT2D eigenvalue weighted by Crippen LogP contribution is -2.17. The SMILES string of the molecule is C=C1CSCC(OC(=O)c2ccccc2)SC1. The molecule has 0 spiro atoms. The first-order valence-electron chi connectivity index (χ1n) is 5.38. The van der Waals surface area contributed by atoms with Crippen LogP contribution >= 0.6 is 23.5 Å². The number of hydrogen-bond acceptors (Lipinski definition) is 4. The molecule has 0 radical (unpaired) electrons. The van der Waals surface area contributed by atoms with Gasteiger partial charge >= 0.3 is 5.97 Å². The average Bonchev–Trinajstić information content (AvgIpc) is 2.56. The van der Waals surface area contributed by atoms with Crippen molar-refractivity contribution in [3.05, 3.63) is 48.0 Å². The van der Waals surface area contributed by atoms with Crippen molar-refractivity contribution in [1.82, 2.24) is 0 Å². The fourth-order valence-corrected chi connectivity index (χ4v) is 3.68. The van der Waals surface area contributed by atoms with Gasteiger partial charge in [0.2, 0.25) is 0 Å². The lowest BCUT2D eigenvalue weighted by Gasteiger charge is -2.14. The second-order valence-electron chi connectivity index (χ2n) is 3.78. The molecule has 1 heterocycles. The van der Waals surface area contributed by atoms with Crippen molar-refractivity contribution in [3.63, 3.8) is 0 Å². The van der Waals surface area contributed by atoms with Gasteiger partial charge in [-0.15, -0.1) is 11.8 Å². The Kier molecular flexibility index (Phi) is 4.57. The van der Waals surface area contributed by atoms with Crippen molar-refractivity contribution in [2.75, 3.05) is 17.3 Å². The number of ether oxygens (including phenoxy) is 1. The number of rotatable bonds is 2. The topological polar surface area (TPSA) is 26.3 Å². The first-order chi connectivity index (χ1) is 8.25. The largest absolute Gasteiger partial charge is 0.447 e. The monoisotopic (exact) mass is 266 g/mol. The Morgan fingerprint density at radius 1 is 1.29 bits per heavy atom. The minimum absolute atomic E-state index is 0.0630. The Labute approximate surface area is 110 Å². The highest BCUT2D eigenvalue weighted by Crippen LogP contribution is 2.27. The van der Waals surface area contributed by atoms with Gasteiger partial charge < -0.3 is 4.74 Å². The zero-order valence-corrected chi connectivity index (χ0v) is 11.1. The van der Waals surface area contributed by atoms with Crippen LogP contribution in [-0.2, 0) is 4.74 Å². The Morgan fingerprint density at radius 3 is 2.82 bits per heavy atom. The van der Waals surface area contributed by atoms with Gasteiger partial charge in [-0.3, -0.25) is 0 Å². The summed E-state index contributed by atoms with van der Waals surface area (Å²) in [6.45, 7) is 3.96. The number of esters is 1. The maximum atomic E-state index is 11.8.